The van der Waals surface area contributed by atoms with E-state index in [4.69, 9.17) is 0 Å². The molecule has 10 heteroatoms. The number of nitrogens with zero attached hydrogens (tertiary/aromatic N) is 4. The zero-order valence-electron chi connectivity index (χ0n) is 9.91. The normalized spacial score (nSPS) is 10.4. The fraction of sp³-hybridized carbons (Fsp3) is 0. The van der Waals surface area contributed by atoms with Crippen LogP contribution in [0, 0.1) is 0 Å². The highest BCUT2D eigenvalue weighted by atomic mass is 16.2. The highest BCUT2D eigenvalue weighted by Gasteiger charge is 1.99. The van der Waals surface area contributed by atoms with Gasteiger partial charge in [0.15, 0.2) is 11.3 Å². The third kappa shape index (κ3) is 2.16. The summed E-state index contributed by atoms with van der Waals surface area (Å²) >= 11 is 0. The lowest BCUT2D eigenvalue weighted by atomic mass is 10.5. The average molecular weight is 272 g/mol. The van der Waals surface area contributed by atoms with Gasteiger partial charge in [0.05, 0.1) is 18.9 Å². The molecule has 0 bridgehead atoms. The van der Waals surface area contributed by atoms with E-state index in [9.17, 15) is 9.59 Å². The molecule has 4 N–H and O–H groups in total. The molecule has 20 heavy (non-hydrogen) atoms. The summed E-state index contributed by atoms with van der Waals surface area (Å²) in [6, 6.07) is 0. The van der Waals surface area contributed by atoms with Crippen LogP contribution in [0.25, 0.3) is 22.3 Å². The van der Waals surface area contributed by atoms with Gasteiger partial charge in [-0.05, 0) is 0 Å². The molecule has 100 valence electrons. The molecule has 0 saturated carbocycles. The van der Waals surface area contributed by atoms with Crippen molar-refractivity contribution in [2.45, 2.75) is 0 Å². The molecule has 0 aliphatic rings. The summed E-state index contributed by atoms with van der Waals surface area (Å²) in [5, 5.41) is 0. The van der Waals surface area contributed by atoms with E-state index < -0.39 is 11.2 Å². The highest BCUT2D eigenvalue weighted by molar-refractivity contribution is 5.67. The molecule has 0 fully saturated rings. The molecule has 4 heterocycles. The van der Waals surface area contributed by atoms with Gasteiger partial charge in [0.1, 0.15) is 17.4 Å². The van der Waals surface area contributed by atoms with Crippen molar-refractivity contribution < 1.29 is 0 Å². The SMILES string of the molecule is O=c1[nH]c(=O)c2[nH]cnc2[nH]1.c1ncc2[nH]cnc2n1. The maximum atomic E-state index is 10.9. The fourth-order valence-electron chi connectivity index (χ4n) is 1.56. The van der Waals surface area contributed by atoms with Crippen LogP contribution in [0.3, 0.4) is 0 Å². The minimum atomic E-state index is -0.547. The lowest BCUT2D eigenvalue weighted by Gasteiger charge is -1.83. The molecule has 0 radical (unpaired) electrons. The Balaban J connectivity index is 0.000000123. The third-order valence-corrected chi connectivity index (χ3v) is 2.42. The number of H-pyrrole nitrogens is 4. The molecule has 10 nitrogen and oxygen atoms in total. The van der Waals surface area contributed by atoms with Crippen molar-refractivity contribution in [3.8, 4) is 0 Å². The van der Waals surface area contributed by atoms with E-state index >= 15 is 0 Å². The summed E-state index contributed by atoms with van der Waals surface area (Å²) in [4.78, 5) is 46.8. The predicted molar refractivity (Wildman–Crippen MR) is 69.0 cm³/mol. The number of fused-ring (bicyclic) bond motifs is 2. The maximum absolute atomic E-state index is 10.9. The van der Waals surface area contributed by atoms with E-state index in [2.05, 4.69) is 39.9 Å². The summed E-state index contributed by atoms with van der Waals surface area (Å²) in [6.45, 7) is 0. The van der Waals surface area contributed by atoms with Gasteiger partial charge in [-0.3, -0.25) is 14.8 Å². The van der Waals surface area contributed by atoms with Crippen LogP contribution < -0.4 is 11.2 Å². The van der Waals surface area contributed by atoms with Crippen LogP contribution in [0.2, 0.25) is 0 Å². The van der Waals surface area contributed by atoms with Gasteiger partial charge in [0.2, 0.25) is 0 Å². The monoisotopic (exact) mass is 272 g/mol. The second-order valence-electron chi connectivity index (χ2n) is 3.70. The first-order valence-corrected chi connectivity index (χ1v) is 5.49. The summed E-state index contributed by atoms with van der Waals surface area (Å²) in [7, 11) is 0. The summed E-state index contributed by atoms with van der Waals surface area (Å²) in [6.07, 6.45) is 6.10. The van der Waals surface area contributed by atoms with Crippen molar-refractivity contribution in [1.82, 2.24) is 39.9 Å². The van der Waals surface area contributed by atoms with Crippen molar-refractivity contribution >= 4 is 22.3 Å². The molecule has 4 aromatic heterocycles. The Morgan fingerprint density at radius 2 is 1.80 bits per heavy atom. The highest BCUT2D eigenvalue weighted by Crippen LogP contribution is 1.99. The number of imidazole rings is 2. The van der Waals surface area contributed by atoms with Gasteiger partial charge in [0.25, 0.3) is 5.56 Å². The zero-order valence-corrected chi connectivity index (χ0v) is 9.91. The van der Waals surface area contributed by atoms with Gasteiger partial charge in [-0.1, -0.05) is 0 Å². The molecule has 0 aliphatic carbocycles. The van der Waals surface area contributed by atoms with Gasteiger partial charge in [-0.2, -0.15) is 0 Å². The van der Waals surface area contributed by atoms with E-state index in [0.717, 1.165) is 5.52 Å². The minimum absolute atomic E-state index is 0.277. The minimum Gasteiger partial charge on any atom is -0.342 e. The molecule has 0 aromatic carbocycles. The van der Waals surface area contributed by atoms with Crippen LogP contribution in [0.15, 0.2) is 34.8 Å². The van der Waals surface area contributed by atoms with Crippen LogP contribution in [-0.2, 0) is 0 Å². The van der Waals surface area contributed by atoms with Crippen molar-refractivity contribution in [2.75, 3.05) is 0 Å². The number of nitrogens with one attached hydrogen (secondary N) is 4. The van der Waals surface area contributed by atoms with E-state index in [1.54, 1.807) is 12.5 Å². The summed E-state index contributed by atoms with van der Waals surface area (Å²) < 4.78 is 0. The Bertz CT molecular complexity index is 932. The molecule has 4 rings (SSSR count). The van der Waals surface area contributed by atoms with Gasteiger partial charge < -0.3 is 9.97 Å². The topological polar surface area (TPSA) is 149 Å². The average Bonchev–Trinajstić information content (AvgIpc) is 3.06. The standard InChI is InChI=1S/C5H4N4O2.C5H4N4/c10-4-2-3(7-1-6-2)8-5(11)9-4;1-4-5(8-2-6-1)9-3-7-4/h1H,(H3,6,7,8,9,10,11);1-3H,(H,6,7,8,9). The van der Waals surface area contributed by atoms with Crippen LogP contribution in [0.1, 0.15) is 0 Å². The van der Waals surface area contributed by atoms with E-state index in [1.807, 2.05) is 0 Å². The Morgan fingerprint density at radius 1 is 0.950 bits per heavy atom. The largest absolute Gasteiger partial charge is 0.342 e. The van der Waals surface area contributed by atoms with Crippen molar-refractivity contribution in [1.29, 1.82) is 0 Å². The van der Waals surface area contributed by atoms with Crippen molar-refractivity contribution in [3.05, 3.63) is 46.0 Å². The smallest absolute Gasteiger partial charge is 0.327 e. The predicted octanol–water partition coefficient (Wildman–Crippen LogP) is -0.708. The van der Waals surface area contributed by atoms with Crippen LogP contribution >= 0.6 is 0 Å². The Kier molecular flexibility index (Phi) is 2.80. The summed E-state index contributed by atoms with van der Waals surface area (Å²) in [5.41, 5.74) is 1.14. The van der Waals surface area contributed by atoms with Crippen LogP contribution in [0.4, 0.5) is 0 Å². The molecule has 0 saturated heterocycles. The third-order valence-electron chi connectivity index (χ3n) is 2.42. The number of hydrogen-bond donors (Lipinski definition) is 4. The van der Waals surface area contributed by atoms with Gasteiger partial charge in [-0.25, -0.2) is 24.7 Å². The first kappa shape index (κ1) is 11.8. The van der Waals surface area contributed by atoms with Crippen molar-refractivity contribution in [2.24, 2.45) is 0 Å². The lowest BCUT2D eigenvalue weighted by Crippen LogP contribution is -2.21. The maximum Gasteiger partial charge on any atom is 0.327 e. The molecular weight excluding hydrogens is 264 g/mol. The fourth-order valence-corrected chi connectivity index (χ4v) is 1.56. The zero-order chi connectivity index (χ0) is 13.9. The molecule has 0 spiro atoms. The van der Waals surface area contributed by atoms with E-state index in [-0.39, 0.29) is 11.2 Å². The summed E-state index contributed by atoms with van der Waals surface area (Å²) in [5.74, 6) is 0. The van der Waals surface area contributed by atoms with Crippen LogP contribution in [-0.4, -0.2) is 39.9 Å². The first-order valence-electron chi connectivity index (χ1n) is 5.49. The van der Waals surface area contributed by atoms with Gasteiger partial charge in [-0.15, -0.1) is 0 Å². The van der Waals surface area contributed by atoms with Crippen molar-refractivity contribution in [3.63, 3.8) is 0 Å². The molecule has 0 atom stereocenters. The Morgan fingerprint density at radius 3 is 2.65 bits per heavy atom. The molecular formula is C10H8N8O2. The number of aromatic amines is 4. The number of aromatic nitrogens is 8. The number of rotatable bonds is 0. The quantitative estimate of drug-likeness (QED) is 0.332. The molecule has 0 amide bonds. The van der Waals surface area contributed by atoms with Crippen LogP contribution in [0.5, 0.6) is 0 Å². The second-order valence-corrected chi connectivity index (χ2v) is 3.70. The molecule has 0 unspecified atom stereocenters. The number of hydrogen-bond acceptors (Lipinski definition) is 6. The Labute approximate surface area is 109 Å². The molecule has 4 aromatic rings. The lowest BCUT2D eigenvalue weighted by molar-refractivity contribution is 1.07. The first-order chi connectivity index (χ1) is 9.74. The van der Waals surface area contributed by atoms with E-state index in [0.29, 0.717) is 5.65 Å². The molecule has 0 aliphatic heterocycles. The van der Waals surface area contributed by atoms with Gasteiger partial charge in [0, 0.05) is 0 Å². The van der Waals surface area contributed by atoms with Gasteiger partial charge >= 0.3 is 5.69 Å². The second kappa shape index (κ2) is 4.76. The Hall–Kier alpha value is -3.30. The van der Waals surface area contributed by atoms with E-state index in [1.165, 1.54) is 12.7 Å².